The Labute approximate surface area is 112 Å². The summed E-state index contributed by atoms with van der Waals surface area (Å²) in [7, 11) is 0. The first-order valence-corrected chi connectivity index (χ1v) is 6.92. The lowest BCUT2D eigenvalue weighted by atomic mass is 9.84. The molecule has 1 fully saturated rings. The van der Waals surface area contributed by atoms with E-state index in [1.807, 2.05) is 24.3 Å². The van der Waals surface area contributed by atoms with Crippen LogP contribution in [0.5, 0.6) is 0 Å². The zero-order valence-electron chi connectivity index (χ0n) is 11.1. The van der Waals surface area contributed by atoms with E-state index < -0.39 is 11.7 Å². The molecule has 0 aromatic heterocycles. The van der Waals surface area contributed by atoms with Crippen LogP contribution in [0.4, 0.5) is 5.69 Å². The highest BCUT2D eigenvalue weighted by atomic mass is 16.5. The van der Waals surface area contributed by atoms with Crippen LogP contribution >= 0.6 is 0 Å². The normalized spacial score (nSPS) is 33.3. The van der Waals surface area contributed by atoms with E-state index in [4.69, 9.17) is 4.74 Å². The van der Waals surface area contributed by atoms with Crippen molar-refractivity contribution < 1.29 is 14.6 Å². The molecular formula is C15H19NO3. The number of aliphatic hydroxyl groups is 1. The van der Waals surface area contributed by atoms with Gasteiger partial charge in [-0.05, 0) is 18.9 Å². The molecule has 0 bridgehead atoms. The second-order valence-electron chi connectivity index (χ2n) is 5.45. The number of para-hydroxylation sites is 1. The number of amides is 1. The van der Waals surface area contributed by atoms with Gasteiger partial charge in [0.25, 0.3) is 5.91 Å². The van der Waals surface area contributed by atoms with Crippen molar-refractivity contribution in [1.29, 1.82) is 0 Å². The highest BCUT2D eigenvalue weighted by Crippen LogP contribution is 2.46. The summed E-state index contributed by atoms with van der Waals surface area (Å²) >= 11 is 0. The van der Waals surface area contributed by atoms with Crippen LogP contribution in [0.25, 0.3) is 0 Å². The average molecular weight is 261 g/mol. The fraction of sp³-hybridized carbons (Fsp3) is 0.533. The molecule has 3 unspecified atom stereocenters. The third kappa shape index (κ3) is 1.95. The third-order valence-corrected chi connectivity index (χ3v) is 4.01. The smallest absolute Gasteiger partial charge is 0.261 e. The van der Waals surface area contributed by atoms with Gasteiger partial charge < -0.3 is 15.2 Å². The summed E-state index contributed by atoms with van der Waals surface area (Å²) in [5.74, 6) is -0.145. The Balaban J connectivity index is 1.99. The fourth-order valence-corrected chi connectivity index (χ4v) is 3.21. The van der Waals surface area contributed by atoms with E-state index in [9.17, 15) is 9.90 Å². The number of anilines is 1. The molecule has 0 aliphatic carbocycles. The molecule has 2 aliphatic rings. The fourth-order valence-electron chi connectivity index (χ4n) is 3.21. The van der Waals surface area contributed by atoms with Crippen molar-refractivity contribution in [2.75, 3.05) is 5.32 Å². The van der Waals surface area contributed by atoms with E-state index in [-0.39, 0.29) is 12.0 Å². The molecule has 1 aromatic rings. The van der Waals surface area contributed by atoms with Gasteiger partial charge in [0.15, 0.2) is 5.60 Å². The van der Waals surface area contributed by atoms with Crippen LogP contribution in [-0.4, -0.2) is 23.2 Å². The molecule has 1 saturated heterocycles. The van der Waals surface area contributed by atoms with Crippen LogP contribution in [0, 0.1) is 0 Å². The molecular weight excluding hydrogens is 242 g/mol. The topological polar surface area (TPSA) is 58.6 Å². The van der Waals surface area contributed by atoms with Crippen molar-refractivity contribution >= 4 is 11.6 Å². The summed E-state index contributed by atoms with van der Waals surface area (Å²) in [6.45, 7) is 2.08. The van der Waals surface area contributed by atoms with Gasteiger partial charge >= 0.3 is 0 Å². The molecule has 19 heavy (non-hydrogen) atoms. The lowest BCUT2D eigenvalue weighted by molar-refractivity contribution is -0.178. The Morgan fingerprint density at radius 1 is 1.47 bits per heavy atom. The molecule has 3 rings (SSSR count). The van der Waals surface area contributed by atoms with Crippen molar-refractivity contribution in [1.82, 2.24) is 0 Å². The molecule has 0 saturated carbocycles. The summed E-state index contributed by atoms with van der Waals surface area (Å²) < 4.78 is 6.11. The lowest BCUT2D eigenvalue weighted by Gasteiger charge is -2.39. The maximum atomic E-state index is 12.4. The molecule has 4 heteroatoms. The number of hydrogen-bond donors (Lipinski definition) is 2. The average Bonchev–Trinajstić information content (AvgIpc) is 2.62. The maximum absolute atomic E-state index is 12.4. The van der Waals surface area contributed by atoms with Gasteiger partial charge in [-0.2, -0.15) is 0 Å². The van der Waals surface area contributed by atoms with Crippen molar-refractivity contribution in [3.63, 3.8) is 0 Å². The van der Waals surface area contributed by atoms with E-state index >= 15 is 0 Å². The molecule has 2 heterocycles. The lowest BCUT2D eigenvalue weighted by Crippen LogP contribution is -2.48. The highest BCUT2D eigenvalue weighted by molar-refractivity contribution is 6.05. The monoisotopic (exact) mass is 261 g/mol. The molecule has 2 N–H and O–H groups in total. The summed E-state index contributed by atoms with van der Waals surface area (Å²) in [4.78, 5) is 12.4. The van der Waals surface area contributed by atoms with Crippen molar-refractivity contribution in [3.05, 3.63) is 29.8 Å². The number of hydrogen-bond acceptors (Lipinski definition) is 3. The van der Waals surface area contributed by atoms with Gasteiger partial charge in [-0.1, -0.05) is 31.5 Å². The summed E-state index contributed by atoms with van der Waals surface area (Å²) in [6.07, 6.45) is 2.28. The molecule has 0 radical (unpaired) electrons. The minimum atomic E-state index is -0.992. The van der Waals surface area contributed by atoms with Crippen LogP contribution in [0.15, 0.2) is 24.3 Å². The molecule has 2 aliphatic heterocycles. The number of carbonyl (C=O) groups is 1. The molecule has 1 amide bonds. The highest BCUT2D eigenvalue weighted by Gasteiger charge is 2.52. The molecule has 1 aromatic carbocycles. The quantitative estimate of drug-likeness (QED) is 0.857. The minimum absolute atomic E-state index is 0.0503. The van der Waals surface area contributed by atoms with Crippen molar-refractivity contribution in [2.45, 2.75) is 50.4 Å². The Morgan fingerprint density at radius 2 is 2.26 bits per heavy atom. The number of rotatable bonds is 2. The summed E-state index contributed by atoms with van der Waals surface area (Å²) in [5, 5.41) is 13.0. The number of fused-ring (bicyclic) bond motifs is 2. The van der Waals surface area contributed by atoms with E-state index in [0.717, 1.165) is 24.1 Å². The molecule has 4 nitrogen and oxygen atoms in total. The Hall–Kier alpha value is -1.39. The molecule has 1 spiro atoms. The van der Waals surface area contributed by atoms with Gasteiger partial charge in [0, 0.05) is 17.7 Å². The Kier molecular flexibility index (Phi) is 3.07. The SMILES string of the molecule is CCCC1CC(O)CC2(O1)C(=O)Nc1ccccc12. The second kappa shape index (κ2) is 4.62. The predicted octanol–water partition coefficient (Wildman–Crippen LogP) is 2.17. The second-order valence-corrected chi connectivity index (χ2v) is 5.45. The van der Waals surface area contributed by atoms with Gasteiger partial charge in [0.2, 0.25) is 0 Å². The largest absolute Gasteiger partial charge is 0.393 e. The van der Waals surface area contributed by atoms with Gasteiger partial charge in [-0.3, -0.25) is 4.79 Å². The van der Waals surface area contributed by atoms with Crippen LogP contribution in [-0.2, 0) is 15.1 Å². The Bertz CT molecular complexity index is 502. The zero-order chi connectivity index (χ0) is 13.5. The minimum Gasteiger partial charge on any atom is -0.393 e. The predicted molar refractivity (Wildman–Crippen MR) is 71.8 cm³/mol. The number of aliphatic hydroxyl groups excluding tert-OH is 1. The van der Waals surface area contributed by atoms with Crippen molar-refractivity contribution in [3.8, 4) is 0 Å². The van der Waals surface area contributed by atoms with Crippen LogP contribution < -0.4 is 5.32 Å². The first-order valence-electron chi connectivity index (χ1n) is 6.92. The number of ether oxygens (including phenoxy) is 1. The first kappa shape index (κ1) is 12.6. The zero-order valence-corrected chi connectivity index (χ0v) is 11.1. The molecule has 3 atom stereocenters. The number of nitrogens with one attached hydrogen (secondary N) is 1. The summed E-state index contributed by atoms with van der Waals surface area (Å²) in [5.41, 5.74) is 0.672. The van der Waals surface area contributed by atoms with Crippen LogP contribution in [0.3, 0.4) is 0 Å². The maximum Gasteiger partial charge on any atom is 0.261 e. The standard InChI is InChI=1S/C15H19NO3/c1-2-5-11-8-10(17)9-15(19-11)12-6-3-4-7-13(12)16-14(15)18/h3-4,6-7,10-11,17H,2,5,8-9H2,1H3,(H,16,18). The van der Waals surface area contributed by atoms with Crippen LogP contribution in [0.1, 0.15) is 38.2 Å². The van der Waals surface area contributed by atoms with E-state index in [0.29, 0.717) is 12.8 Å². The van der Waals surface area contributed by atoms with Gasteiger partial charge in [-0.25, -0.2) is 0 Å². The van der Waals surface area contributed by atoms with Crippen molar-refractivity contribution in [2.24, 2.45) is 0 Å². The van der Waals surface area contributed by atoms with Crippen LogP contribution in [0.2, 0.25) is 0 Å². The van der Waals surface area contributed by atoms with Gasteiger partial charge in [0.05, 0.1) is 12.2 Å². The third-order valence-electron chi connectivity index (χ3n) is 4.01. The molecule has 102 valence electrons. The number of benzene rings is 1. The van der Waals surface area contributed by atoms with Gasteiger partial charge in [0.1, 0.15) is 0 Å². The summed E-state index contributed by atoms with van der Waals surface area (Å²) in [6, 6.07) is 7.58. The van der Waals surface area contributed by atoms with E-state index in [1.54, 1.807) is 0 Å². The number of carbonyl (C=O) groups excluding carboxylic acids is 1. The Morgan fingerprint density at radius 3 is 3.05 bits per heavy atom. The van der Waals surface area contributed by atoms with E-state index in [2.05, 4.69) is 12.2 Å². The van der Waals surface area contributed by atoms with E-state index in [1.165, 1.54) is 0 Å². The van der Waals surface area contributed by atoms with Gasteiger partial charge in [-0.15, -0.1) is 0 Å². The first-order chi connectivity index (χ1) is 9.15.